The maximum atomic E-state index is 5.83. The van der Waals surface area contributed by atoms with Crippen molar-refractivity contribution in [3.05, 3.63) is 54.0 Å². The van der Waals surface area contributed by atoms with E-state index in [1.165, 1.54) is 0 Å². The van der Waals surface area contributed by atoms with Gasteiger partial charge < -0.3 is 19.2 Å². The minimum Gasteiger partial charge on any atom is -0.491 e. The Morgan fingerprint density at radius 2 is 2.00 bits per heavy atom. The van der Waals surface area contributed by atoms with E-state index in [1.54, 1.807) is 13.4 Å². The van der Waals surface area contributed by atoms with Crippen molar-refractivity contribution < 1.29 is 13.9 Å². The van der Waals surface area contributed by atoms with Crippen LogP contribution in [0.4, 0.5) is 0 Å². The first-order chi connectivity index (χ1) is 10.4. The third-order valence-electron chi connectivity index (χ3n) is 3.20. The van der Waals surface area contributed by atoms with Gasteiger partial charge in [0.25, 0.3) is 0 Å². The number of methoxy groups -OCH3 is 1. The highest BCUT2D eigenvalue weighted by molar-refractivity contribution is 5.39. The SMILES string of the molecule is CCCNC(c1ccco1)c1ccccc1OCCOC. The molecule has 1 N–H and O–H groups in total. The zero-order valence-electron chi connectivity index (χ0n) is 12.7. The lowest BCUT2D eigenvalue weighted by Gasteiger charge is -2.20. The van der Waals surface area contributed by atoms with Crippen molar-refractivity contribution in [2.45, 2.75) is 19.4 Å². The second kappa shape index (κ2) is 8.49. The molecule has 0 aliphatic heterocycles. The maximum Gasteiger partial charge on any atom is 0.125 e. The molecule has 4 heteroatoms. The Labute approximate surface area is 126 Å². The Kier molecular flexibility index (Phi) is 6.31. The number of rotatable bonds is 9. The lowest BCUT2D eigenvalue weighted by atomic mass is 10.0. The fourth-order valence-corrected chi connectivity index (χ4v) is 2.19. The predicted octanol–water partition coefficient (Wildman–Crippen LogP) is 3.39. The number of hydrogen-bond donors (Lipinski definition) is 1. The largest absolute Gasteiger partial charge is 0.491 e. The number of nitrogens with one attached hydrogen (secondary N) is 1. The van der Waals surface area contributed by atoms with E-state index >= 15 is 0 Å². The summed E-state index contributed by atoms with van der Waals surface area (Å²) in [6.07, 6.45) is 2.76. The van der Waals surface area contributed by atoms with E-state index in [9.17, 15) is 0 Å². The van der Waals surface area contributed by atoms with Gasteiger partial charge in [0.1, 0.15) is 18.1 Å². The molecule has 0 radical (unpaired) electrons. The van der Waals surface area contributed by atoms with Gasteiger partial charge in [0.2, 0.25) is 0 Å². The average molecular weight is 289 g/mol. The molecule has 1 atom stereocenters. The number of furan rings is 1. The van der Waals surface area contributed by atoms with Crippen molar-refractivity contribution in [1.82, 2.24) is 5.32 Å². The molecule has 4 nitrogen and oxygen atoms in total. The molecule has 0 saturated heterocycles. The van der Waals surface area contributed by atoms with Crippen molar-refractivity contribution >= 4 is 0 Å². The summed E-state index contributed by atoms with van der Waals surface area (Å²) < 4.78 is 16.5. The molecule has 1 unspecified atom stereocenters. The van der Waals surface area contributed by atoms with Crippen molar-refractivity contribution in [2.24, 2.45) is 0 Å². The predicted molar refractivity (Wildman–Crippen MR) is 82.7 cm³/mol. The third kappa shape index (κ3) is 4.34. The van der Waals surface area contributed by atoms with Gasteiger partial charge in [-0.05, 0) is 31.2 Å². The van der Waals surface area contributed by atoms with Gasteiger partial charge >= 0.3 is 0 Å². The third-order valence-corrected chi connectivity index (χ3v) is 3.20. The number of hydrogen-bond acceptors (Lipinski definition) is 4. The zero-order chi connectivity index (χ0) is 14.9. The summed E-state index contributed by atoms with van der Waals surface area (Å²) in [7, 11) is 1.67. The van der Waals surface area contributed by atoms with E-state index in [4.69, 9.17) is 13.9 Å². The Bertz CT molecular complexity index is 511. The van der Waals surface area contributed by atoms with E-state index in [2.05, 4.69) is 18.3 Å². The Morgan fingerprint density at radius 3 is 2.71 bits per heavy atom. The topological polar surface area (TPSA) is 43.6 Å². The minimum atomic E-state index is -0.00121. The second-order valence-corrected chi connectivity index (χ2v) is 4.78. The molecule has 2 aromatic rings. The average Bonchev–Trinajstić information content (AvgIpc) is 3.03. The van der Waals surface area contributed by atoms with Crippen LogP contribution in [-0.4, -0.2) is 26.9 Å². The van der Waals surface area contributed by atoms with Gasteiger partial charge in [0.15, 0.2) is 0 Å². The van der Waals surface area contributed by atoms with Crippen LogP contribution in [0.15, 0.2) is 47.1 Å². The fourth-order valence-electron chi connectivity index (χ4n) is 2.19. The van der Waals surface area contributed by atoms with Gasteiger partial charge in [-0.3, -0.25) is 0 Å². The lowest BCUT2D eigenvalue weighted by molar-refractivity contribution is 0.145. The summed E-state index contributed by atoms with van der Waals surface area (Å²) >= 11 is 0. The molecule has 0 bridgehead atoms. The first-order valence-electron chi connectivity index (χ1n) is 7.34. The van der Waals surface area contributed by atoms with E-state index in [-0.39, 0.29) is 6.04 Å². The number of benzene rings is 1. The van der Waals surface area contributed by atoms with Crippen LogP contribution in [-0.2, 0) is 4.74 Å². The minimum absolute atomic E-state index is 0.00121. The molecule has 21 heavy (non-hydrogen) atoms. The van der Waals surface area contributed by atoms with Crippen molar-refractivity contribution in [3.8, 4) is 5.75 Å². The molecule has 0 amide bonds. The second-order valence-electron chi connectivity index (χ2n) is 4.78. The monoisotopic (exact) mass is 289 g/mol. The van der Waals surface area contributed by atoms with Crippen LogP contribution in [0.3, 0.4) is 0 Å². The molecule has 0 aliphatic rings. The summed E-state index contributed by atoms with van der Waals surface area (Å²) in [5, 5.41) is 3.51. The van der Waals surface area contributed by atoms with Crippen LogP contribution in [0.2, 0.25) is 0 Å². The van der Waals surface area contributed by atoms with E-state index in [0.29, 0.717) is 13.2 Å². The van der Waals surface area contributed by atoms with Gasteiger partial charge in [-0.25, -0.2) is 0 Å². The van der Waals surface area contributed by atoms with Crippen molar-refractivity contribution in [1.29, 1.82) is 0 Å². The molecule has 0 saturated carbocycles. The molecule has 1 heterocycles. The van der Waals surface area contributed by atoms with Crippen LogP contribution in [0.1, 0.15) is 30.7 Å². The first kappa shape index (κ1) is 15.6. The quantitative estimate of drug-likeness (QED) is 0.719. The van der Waals surface area contributed by atoms with Crippen LogP contribution < -0.4 is 10.1 Å². The van der Waals surface area contributed by atoms with Crippen LogP contribution in [0.25, 0.3) is 0 Å². The number of ether oxygens (including phenoxy) is 2. The molecule has 1 aromatic carbocycles. The summed E-state index contributed by atoms with van der Waals surface area (Å²) in [5.41, 5.74) is 1.08. The Balaban J connectivity index is 2.22. The Hall–Kier alpha value is -1.78. The Morgan fingerprint density at radius 1 is 1.14 bits per heavy atom. The van der Waals surface area contributed by atoms with Gasteiger partial charge in [-0.2, -0.15) is 0 Å². The fraction of sp³-hybridized carbons (Fsp3) is 0.412. The van der Waals surface area contributed by atoms with Crippen molar-refractivity contribution in [2.75, 3.05) is 26.9 Å². The smallest absolute Gasteiger partial charge is 0.125 e. The number of para-hydroxylation sites is 1. The molecular weight excluding hydrogens is 266 g/mol. The lowest BCUT2D eigenvalue weighted by Crippen LogP contribution is -2.23. The summed E-state index contributed by atoms with van der Waals surface area (Å²) in [4.78, 5) is 0. The van der Waals surface area contributed by atoms with Gasteiger partial charge in [-0.15, -0.1) is 0 Å². The van der Waals surface area contributed by atoms with Gasteiger partial charge in [0.05, 0.1) is 18.9 Å². The maximum absolute atomic E-state index is 5.83. The van der Waals surface area contributed by atoms with E-state index < -0.39 is 0 Å². The van der Waals surface area contributed by atoms with Crippen molar-refractivity contribution in [3.63, 3.8) is 0 Å². The molecule has 114 valence electrons. The van der Waals surface area contributed by atoms with Gasteiger partial charge in [-0.1, -0.05) is 25.1 Å². The highest BCUT2D eigenvalue weighted by Gasteiger charge is 2.19. The summed E-state index contributed by atoms with van der Waals surface area (Å²) in [6.45, 7) is 4.17. The summed E-state index contributed by atoms with van der Waals surface area (Å²) in [5.74, 6) is 1.76. The molecule has 0 aliphatic carbocycles. The van der Waals surface area contributed by atoms with Crippen LogP contribution in [0.5, 0.6) is 5.75 Å². The van der Waals surface area contributed by atoms with Crippen LogP contribution >= 0.6 is 0 Å². The van der Waals surface area contributed by atoms with E-state index in [0.717, 1.165) is 30.0 Å². The van der Waals surface area contributed by atoms with Gasteiger partial charge in [0, 0.05) is 12.7 Å². The normalized spacial score (nSPS) is 12.3. The van der Waals surface area contributed by atoms with Crippen LogP contribution in [0, 0.1) is 0 Å². The molecule has 0 spiro atoms. The standard InChI is InChI=1S/C17H23NO3/c1-3-10-18-17(16-9-6-11-20-16)14-7-4-5-8-15(14)21-13-12-19-2/h4-9,11,17-18H,3,10,12-13H2,1-2H3. The van der Waals surface area contributed by atoms with E-state index in [1.807, 2.05) is 30.3 Å². The molecule has 1 aromatic heterocycles. The highest BCUT2D eigenvalue weighted by Crippen LogP contribution is 2.30. The first-order valence-corrected chi connectivity index (χ1v) is 7.34. The highest BCUT2D eigenvalue weighted by atomic mass is 16.5. The zero-order valence-corrected chi connectivity index (χ0v) is 12.7. The molecule has 2 rings (SSSR count). The summed E-state index contributed by atoms with van der Waals surface area (Å²) in [6, 6.07) is 11.9. The molecular formula is C17H23NO3. The molecule has 0 fully saturated rings.